The van der Waals surface area contributed by atoms with Gasteiger partial charge in [-0.25, -0.2) is 0 Å². The van der Waals surface area contributed by atoms with Crippen LogP contribution in [0, 0.1) is 11.8 Å². The van der Waals surface area contributed by atoms with Crippen molar-refractivity contribution in [1.29, 1.82) is 0 Å². The van der Waals surface area contributed by atoms with Crippen LogP contribution < -0.4 is 0 Å². The summed E-state index contributed by atoms with van der Waals surface area (Å²) in [7, 11) is 2.15. The molecule has 1 aromatic heterocycles. The van der Waals surface area contributed by atoms with Gasteiger partial charge in [-0.2, -0.15) is 0 Å². The molecule has 1 N–H and O–H groups in total. The minimum absolute atomic E-state index is 0.00401. The number of likely N-dealkylation sites (N-methyl/N-ethyl adjacent to an activating group) is 1. The fraction of sp³-hybridized carbons (Fsp3) is 0.688. The maximum Gasteiger partial charge on any atom is 0.265 e. The SMILES string of the molecule is CN1CCN(CC2CN(C(=O)c3sccc3Cl)CC2CO)CC1. The van der Waals surface area contributed by atoms with Crippen molar-refractivity contribution in [3.63, 3.8) is 0 Å². The molecule has 7 heteroatoms. The third-order valence-corrected chi connectivity index (χ3v) is 6.33. The predicted octanol–water partition coefficient (Wildman–Crippen LogP) is 1.33. The van der Waals surface area contributed by atoms with Gasteiger partial charge in [0.05, 0.1) is 5.02 Å². The first kappa shape index (κ1) is 17.2. The first-order valence-electron chi connectivity index (χ1n) is 8.12. The van der Waals surface area contributed by atoms with Gasteiger partial charge >= 0.3 is 0 Å². The van der Waals surface area contributed by atoms with E-state index in [1.165, 1.54) is 11.3 Å². The number of piperazine rings is 1. The maximum absolute atomic E-state index is 12.6. The molecule has 2 fully saturated rings. The Morgan fingerprint density at radius 3 is 2.61 bits per heavy atom. The summed E-state index contributed by atoms with van der Waals surface area (Å²) in [5.74, 6) is 0.507. The molecule has 2 atom stereocenters. The van der Waals surface area contributed by atoms with E-state index in [2.05, 4.69) is 16.8 Å². The molecule has 128 valence electrons. The van der Waals surface area contributed by atoms with Gasteiger partial charge in [0.15, 0.2) is 0 Å². The lowest BCUT2D eigenvalue weighted by Crippen LogP contribution is -2.47. The molecule has 2 unspecified atom stereocenters. The maximum atomic E-state index is 12.6. The lowest BCUT2D eigenvalue weighted by Gasteiger charge is -2.34. The van der Waals surface area contributed by atoms with Gasteiger partial charge in [0.1, 0.15) is 4.88 Å². The summed E-state index contributed by atoms with van der Waals surface area (Å²) >= 11 is 7.48. The quantitative estimate of drug-likeness (QED) is 0.883. The van der Waals surface area contributed by atoms with Gasteiger partial charge in [0.2, 0.25) is 0 Å². The molecule has 1 amide bonds. The van der Waals surface area contributed by atoms with E-state index in [-0.39, 0.29) is 18.4 Å². The third-order valence-electron chi connectivity index (χ3n) is 5.00. The van der Waals surface area contributed by atoms with Crippen LogP contribution in [0.15, 0.2) is 11.4 Å². The zero-order chi connectivity index (χ0) is 16.4. The summed E-state index contributed by atoms with van der Waals surface area (Å²) < 4.78 is 0. The Balaban J connectivity index is 1.61. The van der Waals surface area contributed by atoms with E-state index >= 15 is 0 Å². The molecule has 1 aromatic rings. The molecule has 0 saturated carbocycles. The number of aliphatic hydroxyl groups is 1. The zero-order valence-electron chi connectivity index (χ0n) is 13.4. The molecule has 0 bridgehead atoms. The average molecular weight is 358 g/mol. The normalized spacial score (nSPS) is 26.8. The molecule has 2 aliphatic heterocycles. The van der Waals surface area contributed by atoms with Crippen molar-refractivity contribution in [2.75, 3.05) is 59.5 Å². The van der Waals surface area contributed by atoms with E-state index in [1.807, 2.05) is 10.3 Å². The number of hydrogen-bond donors (Lipinski definition) is 1. The number of aliphatic hydroxyl groups excluding tert-OH is 1. The first-order valence-corrected chi connectivity index (χ1v) is 9.38. The summed E-state index contributed by atoms with van der Waals surface area (Å²) in [4.78, 5) is 19.9. The summed E-state index contributed by atoms with van der Waals surface area (Å²) in [6.45, 7) is 6.74. The molecule has 3 rings (SSSR count). The van der Waals surface area contributed by atoms with Crippen LogP contribution in [-0.2, 0) is 0 Å². The molecule has 0 aliphatic carbocycles. The lowest BCUT2D eigenvalue weighted by atomic mass is 9.96. The van der Waals surface area contributed by atoms with Gasteiger partial charge in [-0.1, -0.05) is 11.6 Å². The highest BCUT2D eigenvalue weighted by atomic mass is 35.5. The summed E-state index contributed by atoms with van der Waals surface area (Å²) in [5, 5.41) is 12.1. The third kappa shape index (κ3) is 3.88. The minimum atomic E-state index is 0.00401. The number of thiophene rings is 1. The fourth-order valence-electron chi connectivity index (χ4n) is 3.47. The minimum Gasteiger partial charge on any atom is -0.396 e. The van der Waals surface area contributed by atoms with Gasteiger partial charge < -0.3 is 19.8 Å². The molecule has 5 nitrogen and oxygen atoms in total. The number of amides is 1. The smallest absolute Gasteiger partial charge is 0.265 e. The van der Waals surface area contributed by atoms with Crippen LogP contribution in [0.5, 0.6) is 0 Å². The number of hydrogen-bond acceptors (Lipinski definition) is 5. The monoisotopic (exact) mass is 357 g/mol. The van der Waals surface area contributed by atoms with Crippen molar-refractivity contribution in [2.45, 2.75) is 0 Å². The fourth-order valence-corrected chi connectivity index (χ4v) is 4.57. The van der Waals surface area contributed by atoms with Gasteiger partial charge in [-0.3, -0.25) is 4.79 Å². The van der Waals surface area contributed by atoms with Crippen LogP contribution in [0.4, 0.5) is 0 Å². The van der Waals surface area contributed by atoms with E-state index in [4.69, 9.17) is 11.6 Å². The van der Waals surface area contributed by atoms with Crippen LogP contribution in [0.2, 0.25) is 5.02 Å². The van der Waals surface area contributed by atoms with Gasteiger partial charge in [0, 0.05) is 58.3 Å². The van der Waals surface area contributed by atoms with E-state index < -0.39 is 0 Å². The summed E-state index contributed by atoms with van der Waals surface area (Å²) in [6.07, 6.45) is 0. The first-order chi connectivity index (χ1) is 11.1. The van der Waals surface area contributed by atoms with E-state index in [1.54, 1.807) is 6.07 Å². The molecule has 2 aliphatic rings. The van der Waals surface area contributed by atoms with Crippen molar-refractivity contribution in [3.05, 3.63) is 21.3 Å². The number of halogens is 1. The zero-order valence-corrected chi connectivity index (χ0v) is 15.0. The Labute approximate surface area is 146 Å². The molecular formula is C16H24ClN3O2S. The second-order valence-electron chi connectivity index (χ2n) is 6.61. The molecule has 23 heavy (non-hydrogen) atoms. The van der Waals surface area contributed by atoms with E-state index in [0.29, 0.717) is 28.9 Å². The van der Waals surface area contributed by atoms with Crippen LogP contribution in [-0.4, -0.2) is 85.2 Å². The van der Waals surface area contributed by atoms with E-state index in [9.17, 15) is 9.90 Å². The van der Waals surface area contributed by atoms with Crippen molar-refractivity contribution in [1.82, 2.24) is 14.7 Å². The Bertz CT molecular complexity index is 545. The van der Waals surface area contributed by atoms with Crippen LogP contribution in [0.3, 0.4) is 0 Å². The highest BCUT2D eigenvalue weighted by Gasteiger charge is 2.37. The largest absolute Gasteiger partial charge is 0.396 e. The Morgan fingerprint density at radius 2 is 2.00 bits per heavy atom. The standard InChI is InChI=1S/C16H24ClN3O2S/c1-18-3-5-19(6-4-18)8-12-9-20(10-13(12)11-21)16(22)15-14(17)2-7-23-15/h2,7,12-13,21H,3-6,8-11H2,1H3. The topological polar surface area (TPSA) is 47.0 Å². The van der Waals surface area contributed by atoms with Crippen molar-refractivity contribution >= 4 is 28.8 Å². The van der Waals surface area contributed by atoms with E-state index in [0.717, 1.165) is 32.7 Å². The molecule has 0 spiro atoms. The second-order valence-corrected chi connectivity index (χ2v) is 7.94. The van der Waals surface area contributed by atoms with Gasteiger partial charge in [0.25, 0.3) is 5.91 Å². The highest BCUT2D eigenvalue weighted by Crippen LogP contribution is 2.29. The van der Waals surface area contributed by atoms with Gasteiger partial charge in [-0.15, -0.1) is 11.3 Å². The van der Waals surface area contributed by atoms with Crippen LogP contribution in [0.25, 0.3) is 0 Å². The number of rotatable bonds is 4. The van der Waals surface area contributed by atoms with Crippen molar-refractivity contribution in [2.24, 2.45) is 11.8 Å². The molecule has 0 aromatic carbocycles. The average Bonchev–Trinajstić information content (AvgIpc) is 3.15. The highest BCUT2D eigenvalue weighted by molar-refractivity contribution is 7.12. The van der Waals surface area contributed by atoms with Crippen molar-refractivity contribution < 1.29 is 9.90 Å². The number of likely N-dealkylation sites (tertiary alicyclic amines) is 1. The molecule has 0 radical (unpaired) electrons. The molecular weight excluding hydrogens is 334 g/mol. The Kier molecular flexibility index (Phi) is 5.59. The number of nitrogens with zero attached hydrogens (tertiary/aromatic N) is 3. The predicted molar refractivity (Wildman–Crippen MR) is 93.2 cm³/mol. The van der Waals surface area contributed by atoms with Crippen LogP contribution >= 0.6 is 22.9 Å². The number of carbonyl (C=O) groups excluding carboxylic acids is 1. The molecule has 3 heterocycles. The second kappa shape index (κ2) is 7.49. The lowest BCUT2D eigenvalue weighted by molar-refractivity contribution is 0.0782. The molecule has 2 saturated heterocycles. The van der Waals surface area contributed by atoms with Crippen molar-refractivity contribution in [3.8, 4) is 0 Å². The number of carbonyl (C=O) groups is 1. The Hall–Kier alpha value is -0.660. The Morgan fingerprint density at radius 1 is 1.30 bits per heavy atom. The summed E-state index contributed by atoms with van der Waals surface area (Å²) in [6, 6.07) is 1.76. The summed E-state index contributed by atoms with van der Waals surface area (Å²) in [5.41, 5.74) is 0. The van der Waals surface area contributed by atoms with Gasteiger partial charge in [-0.05, 0) is 24.4 Å². The van der Waals surface area contributed by atoms with Crippen LogP contribution in [0.1, 0.15) is 9.67 Å².